The Kier molecular flexibility index (Phi) is 5.40. The predicted molar refractivity (Wildman–Crippen MR) is 73.0 cm³/mol. The van der Waals surface area contributed by atoms with Crippen LogP contribution in [0.4, 0.5) is 5.69 Å². The zero-order chi connectivity index (χ0) is 15.3. The second-order valence-corrected chi connectivity index (χ2v) is 4.77. The van der Waals surface area contributed by atoms with E-state index in [1.807, 2.05) is 13.8 Å². The van der Waals surface area contributed by atoms with E-state index in [1.165, 1.54) is 24.3 Å². The Morgan fingerprint density at radius 2 is 2.15 bits per heavy atom. The largest absolute Gasteiger partial charge is 0.462 e. The quantitative estimate of drug-likeness (QED) is 0.374. The van der Waals surface area contributed by atoms with E-state index >= 15 is 0 Å². The van der Waals surface area contributed by atoms with E-state index in [0.717, 1.165) is 0 Å². The number of hydrogen-bond acceptors (Lipinski definition) is 5. The maximum atomic E-state index is 11.7. The number of benzene rings is 1. The number of nitro groups is 1. The molecule has 0 heterocycles. The first-order valence-electron chi connectivity index (χ1n) is 6.11. The fourth-order valence-electron chi connectivity index (χ4n) is 1.46. The third kappa shape index (κ3) is 4.17. The van der Waals surface area contributed by atoms with Crippen LogP contribution in [0.5, 0.6) is 0 Å². The lowest BCUT2D eigenvalue weighted by Crippen LogP contribution is -2.16. The zero-order valence-corrected chi connectivity index (χ0v) is 11.4. The van der Waals surface area contributed by atoms with E-state index in [9.17, 15) is 20.0 Å². The van der Waals surface area contributed by atoms with Crippen molar-refractivity contribution >= 4 is 11.7 Å². The van der Waals surface area contributed by atoms with Crippen LogP contribution >= 0.6 is 0 Å². The Balaban J connectivity index is 2.81. The van der Waals surface area contributed by atoms with Crippen molar-refractivity contribution in [3.05, 3.63) is 52.1 Å². The SMILES string of the molecule is C=C(C(=O)OCC(C)C)C(O)c1cccc([N+](=O)[O-])c1. The molecular formula is C14H17NO5. The van der Waals surface area contributed by atoms with Crippen molar-refractivity contribution in [2.45, 2.75) is 20.0 Å². The molecule has 1 N–H and O–H groups in total. The highest BCUT2D eigenvalue weighted by molar-refractivity contribution is 5.89. The molecule has 0 saturated carbocycles. The molecule has 0 aliphatic carbocycles. The van der Waals surface area contributed by atoms with Crippen molar-refractivity contribution in [2.75, 3.05) is 6.61 Å². The van der Waals surface area contributed by atoms with Crippen LogP contribution in [0.3, 0.4) is 0 Å². The van der Waals surface area contributed by atoms with Gasteiger partial charge in [0, 0.05) is 12.1 Å². The number of rotatable bonds is 6. The molecule has 1 rings (SSSR count). The fraction of sp³-hybridized carbons (Fsp3) is 0.357. The van der Waals surface area contributed by atoms with Gasteiger partial charge in [-0.1, -0.05) is 32.6 Å². The van der Waals surface area contributed by atoms with Gasteiger partial charge in [-0.05, 0) is 11.5 Å². The van der Waals surface area contributed by atoms with Gasteiger partial charge in [-0.25, -0.2) is 4.79 Å². The highest BCUT2D eigenvalue weighted by Crippen LogP contribution is 2.24. The molecule has 0 aliphatic rings. The van der Waals surface area contributed by atoms with Crippen LogP contribution in [0.1, 0.15) is 25.5 Å². The second kappa shape index (κ2) is 6.81. The van der Waals surface area contributed by atoms with Crippen molar-refractivity contribution < 1.29 is 19.6 Å². The van der Waals surface area contributed by atoms with Gasteiger partial charge in [-0.3, -0.25) is 10.1 Å². The number of aliphatic hydroxyl groups is 1. The average Bonchev–Trinajstić information content (AvgIpc) is 2.43. The Morgan fingerprint density at radius 3 is 2.70 bits per heavy atom. The van der Waals surface area contributed by atoms with Gasteiger partial charge in [0.05, 0.1) is 17.1 Å². The summed E-state index contributed by atoms with van der Waals surface area (Å²) < 4.78 is 4.95. The van der Waals surface area contributed by atoms with Crippen LogP contribution in [0.25, 0.3) is 0 Å². The molecule has 0 aromatic heterocycles. The van der Waals surface area contributed by atoms with E-state index in [0.29, 0.717) is 0 Å². The lowest BCUT2D eigenvalue weighted by Gasteiger charge is -2.14. The molecular weight excluding hydrogens is 262 g/mol. The van der Waals surface area contributed by atoms with Crippen LogP contribution < -0.4 is 0 Å². The molecule has 0 bridgehead atoms. The Bertz CT molecular complexity index is 524. The predicted octanol–water partition coefficient (Wildman–Crippen LogP) is 2.38. The maximum Gasteiger partial charge on any atom is 0.336 e. The molecule has 0 aliphatic heterocycles. The molecule has 0 radical (unpaired) electrons. The van der Waals surface area contributed by atoms with Gasteiger partial charge >= 0.3 is 5.97 Å². The Labute approximate surface area is 116 Å². The summed E-state index contributed by atoms with van der Waals surface area (Å²) in [5.41, 5.74) is -0.0817. The molecule has 20 heavy (non-hydrogen) atoms. The first-order chi connectivity index (χ1) is 9.32. The Hall–Kier alpha value is -2.21. The lowest BCUT2D eigenvalue weighted by molar-refractivity contribution is -0.385. The number of non-ortho nitro benzene ring substituents is 1. The van der Waals surface area contributed by atoms with Crippen molar-refractivity contribution in [3.63, 3.8) is 0 Å². The van der Waals surface area contributed by atoms with Gasteiger partial charge in [0.15, 0.2) is 0 Å². The summed E-state index contributed by atoms with van der Waals surface area (Å²) in [5, 5.41) is 20.7. The molecule has 1 atom stereocenters. The average molecular weight is 279 g/mol. The minimum absolute atomic E-state index is 0.147. The first-order valence-corrected chi connectivity index (χ1v) is 6.11. The summed E-state index contributed by atoms with van der Waals surface area (Å²) in [6, 6.07) is 5.42. The highest BCUT2D eigenvalue weighted by atomic mass is 16.6. The van der Waals surface area contributed by atoms with Gasteiger partial charge in [0.2, 0.25) is 0 Å². The second-order valence-electron chi connectivity index (χ2n) is 4.77. The van der Waals surface area contributed by atoms with Crippen molar-refractivity contribution in [2.24, 2.45) is 5.92 Å². The Morgan fingerprint density at radius 1 is 1.50 bits per heavy atom. The molecule has 1 aromatic carbocycles. The third-order valence-electron chi connectivity index (χ3n) is 2.54. The van der Waals surface area contributed by atoms with Gasteiger partial charge in [0.25, 0.3) is 5.69 Å². The number of esters is 1. The molecule has 108 valence electrons. The van der Waals surface area contributed by atoms with Gasteiger partial charge in [0.1, 0.15) is 6.10 Å². The smallest absolute Gasteiger partial charge is 0.336 e. The molecule has 1 aromatic rings. The van der Waals surface area contributed by atoms with E-state index < -0.39 is 17.0 Å². The number of nitro benzene ring substituents is 1. The summed E-state index contributed by atoms with van der Waals surface area (Å²) in [6.07, 6.45) is -1.32. The van der Waals surface area contributed by atoms with E-state index in [1.54, 1.807) is 0 Å². The molecule has 0 saturated heterocycles. The number of aliphatic hydroxyl groups excluding tert-OH is 1. The van der Waals surface area contributed by atoms with Crippen LogP contribution in [0, 0.1) is 16.0 Å². The minimum Gasteiger partial charge on any atom is -0.462 e. The third-order valence-corrected chi connectivity index (χ3v) is 2.54. The number of nitrogens with zero attached hydrogens (tertiary/aromatic N) is 1. The van der Waals surface area contributed by atoms with Crippen molar-refractivity contribution in [3.8, 4) is 0 Å². The topological polar surface area (TPSA) is 89.7 Å². The molecule has 0 spiro atoms. The summed E-state index contributed by atoms with van der Waals surface area (Å²) in [6.45, 7) is 7.47. The molecule has 0 amide bonds. The van der Waals surface area contributed by atoms with Crippen LogP contribution in [-0.4, -0.2) is 22.6 Å². The fourth-order valence-corrected chi connectivity index (χ4v) is 1.46. The van der Waals surface area contributed by atoms with E-state index in [-0.39, 0.29) is 29.3 Å². The standard InChI is InChI=1S/C14H17NO5/c1-9(2)8-20-14(17)10(3)13(16)11-5-4-6-12(7-11)15(18)19/h4-7,9,13,16H,3,8H2,1-2H3. The summed E-state index contributed by atoms with van der Waals surface area (Å²) in [4.78, 5) is 21.8. The van der Waals surface area contributed by atoms with E-state index in [2.05, 4.69) is 6.58 Å². The molecule has 6 heteroatoms. The summed E-state index contributed by atoms with van der Waals surface area (Å²) in [5.74, 6) is -0.542. The number of ether oxygens (including phenoxy) is 1. The first kappa shape index (κ1) is 15.8. The van der Waals surface area contributed by atoms with Crippen LogP contribution in [0.2, 0.25) is 0 Å². The van der Waals surface area contributed by atoms with Gasteiger partial charge < -0.3 is 9.84 Å². The minimum atomic E-state index is -1.32. The molecule has 0 fully saturated rings. The summed E-state index contributed by atoms with van der Waals surface area (Å²) >= 11 is 0. The number of hydrogen-bond donors (Lipinski definition) is 1. The molecule has 6 nitrogen and oxygen atoms in total. The number of carbonyl (C=O) groups is 1. The number of carbonyl (C=O) groups excluding carboxylic acids is 1. The maximum absolute atomic E-state index is 11.7. The van der Waals surface area contributed by atoms with Gasteiger partial charge in [-0.15, -0.1) is 0 Å². The normalized spacial score (nSPS) is 12.0. The van der Waals surface area contributed by atoms with Crippen LogP contribution in [-0.2, 0) is 9.53 Å². The highest BCUT2D eigenvalue weighted by Gasteiger charge is 2.21. The lowest BCUT2D eigenvalue weighted by atomic mass is 10.0. The van der Waals surface area contributed by atoms with E-state index in [4.69, 9.17) is 4.74 Å². The zero-order valence-electron chi connectivity index (χ0n) is 11.4. The van der Waals surface area contributed by atoms with Crippen LogP contribution in [0.15, 0.2) is 36.4 Å². The molecule has 1 unspecified atom stereocenters. The van der Waals surface area contributed by atoms with Crippen molar-refractivity contribution in [1.82, 2.24) is 0 Å². The van der Waals surface area contributed by atoms with Gasteiger partial charge in [-0.2, -0.15) is 0 Å². The van der Waals surface area contributed by atoms with Crippen molar-refractivity contribution in [1.29, 1.82) is 0 Å². The monoisotopic (exact) mass is 279 g/mol. The summed E-state index contributed by atoms with van der Waals surface area (Å²) in [7, 11) is 0.